The summed E-state index contributed by atoms with van der Waals surface area (Å²) < 4.78 is 77.1. The molecule has 4 rings (SSSR count). The summed E-state index contributed by atoms with van der Waals surface area (Å²) in [5, 5.41) is 2.01. The van der Waals surface area contributed by atoms with E-state index in [1.165, 1.54) is 12.1 Å². The molecule has 2 fully saturated rings. The highest BCUT2D eigenvalue weighted by Crippen LogP contribution is 2.41. The molecule has 1 aliphatic carbocycles. The van der Waals surface area contributed by atoms with Gasteiger partial charge in [-0.05, 0) is 57.2 Å². The molecular formula is C20H26F3N3O5S. The zero-order valence-electron chi connectivity index (χ0n) is 17.5. The molecule has 8 nitrogen and oxygen atoms in total. The van der Waals surface area contributed by atoms with Gasteiger partial charge in [0, 0.05) is 30.1 Å². The number of halogens is 3. The van der Waals surface area contributed by atoms with Crippen LogP contribution in [0.2, 0.25) is 0 Å². The summed E-state index contributed by atoms with van der Waals surface area (Å²) in [5.74, 6) is -1.06. The van der Waals surface area contributed by atoms with Gasteiger partial charge in [0.1, 0.15) is 0 Å². The number of nitrogens with one attached hydrogen (secondary N) is 1. The van der Waals surface area contributed by atoms with Crippen molar-refractivity contribution < 1.29 is 35.9 Å². The second-order valence-corrected chi connectivity index (χ2v) is 10.8. The molecule has 3 atom stereocenters. The third-order valence-electron chi connectivity index (χ3n) is 6.25. The molecule has 3 N–H and O–H groups in total. The van der Waals surface area contributed by atoms with Crippen LogP contribution in [0.15, 0.2) is 18.2 Å². The van der Waals surface area contributed by atoms with Crippen molar-refractivity contribution in [1.82, 2.24) is 9.62 Å². The number of hydrogen-bond acceptors (Lipinski definition) is 6. The zero-order valence-corrected chi connectivity index (χ0v) is 18.3. The molecule has 1 saturated heterocycles. The summed E-state index contributed by atoms with van der Waals surface area (Å²) in [6.45, 7) is 1.61. The minimum atomic E-state index is -3.84. The fourth-order valence-corrected chi connectivity index (χ4v) is 6.88. The highest BCUT2D eigenvalue weighted by atomic mass is 32.2. The van der Waals surface area contributed by atoms with Gasteiger partial charge in [-0.3, -0.25) is 4.79 Å². The number of nitrogens with two attached hydrogens (primary N) is 1. The molecule has 1 aromatic rings. The average molecular weight is 478 g/mol. The minimum Gasteiger partial charge on any atom is -0.395 e. The van der Waals surface area contributed by atoms with E-state index < -0.39 is 45.9 Å². The number of amides is 1. The molecule has 1 amide bonds. The number of ether oxygens (including phenoxy) is 2. The Labute approximate surface area is 184 Å². The third kappa shape index (κ3) is 4.53. The quantitative estimate of drug-likeness (QED) is 0.645. The molecule has 32 heavy (non-hydrogen) atoms. The number of carbonyl (C=O) groups excluding carboxylic acids is 1. The molecule has 2 aliphatic heterocycles. The Hall–Kier alpha value is -2.05. The summed E-state index contributed by atoms with van der Waals surface area (Å²) in [6.07, 6.45) is -3.57. The van der Waals surface area contributed by atoms with E-state index in [1.54, 1.807) is 6.92 Å². The lowest BCUT2D eigenvalue weighted by Crippen LogP contribution is -2.56. The molecule has 0 bridgehead atoms. The van der Waals surface area contributed by atoms with Crippen LogP contribution in [0.25, 0.3) is 0 Å². The van der Waals surface area contributed by atoms with Crippen molar-refractivity contribution in [3.63, 3.8) is 0 Å². The van der Waals surface area contributed by atoms with Crippen molar-refractivity contribution in [2.24, 2.45) is 5.73 Å². The molecule has 3 aliphatic rings. The number of carbonyl (C=O) groups is 1. The van der Waals surface area contributed by atoms with Crippen LogP contribution in [0.3, 0.4) is 0 Å². The maximum atomic E-state index is 15.0. The molecule has 2 heterocycles. The molecule has 0 radical (unpaired) electrons. The largest absolute Gasteiger partial charge is 0.586 e. The smallest absolute Gasteiger partial charge is 0.395 e. The van der Waals surface area contributed by atoms with Gasteiger partial charge >= 0.3 is 6.29 Å². The van der Waals surface area contributed by atoms with Crippen molar-refractivity contribution in [1.29, 1.82) is 0 Å². The first-order chi connectivity index (χ1) is 15.0. The number of hydrogen-bond donors (Lipinski definition) is 2. The van der Waals surface area contributed by atoms with Crippen LogP contribution in [0.4, 0.5) is 13.2 Å². The normalized spacial score (nSPS) is 32.5. The zero-order chi connectivity index (χ0) is 23.3. The number of sulfonamides is 1. The van der Waals surface area contributed by atoms with Crippen LogP contribution in [0, 0.1) is 0 Å². The predicted octanol–water partition coefficient (Wildman–Crippen LogP) is 2.49. The summed E-state index contributed by atoms with van der Waals surface area (Å²) in [5.41, 5.74) is 5.90. The Morgan fingerprint density at radius 2 is 1.81 bits per heavy atom. The van der Waals surface area contributed by atoms with Crippen molar-refractivity contribution >= 4 is 15.9 Å². The Kier molecular flexibility index (Phi) is 6.05. The maximum Gasteiger partial charge on any atom is 0.586 e. The predicted molar refractivity (Wildman–Crippen MR) is 108 cm³/mol. The number of benzene rings is 1. The summed E-state index contributed by atoms with van der Waals surface area (Å²) in [7, 11) is -3.84. The van der Waals surface area contributed by atoms with Crippen molar-refractivity contribution in [2.75, 3.05) is 0 Å². The van der Waals surface area contributed by atoms with Gasteiger partial charge in [0.2, 0.25) is 10.0 Å². The van der Waals surface area contributed by atoms with Gasteiger partial charge in [-0.1, -0.05) is 0 Å². The van der Waals surface area contributed by atoms with Gasteiger partial charge in [0.05, 0.1) is 5.25 Å². The van der Waals surface area contributed by atoms with Gasteiger partial charge in [-0.2, -0.15) is 4.31 Å². The second kappa shape index (κ2) is 8.38. The van der Waals surface area contributed by atoms with Crippen LogP contribution in [-0.4, -0.2) is 54.6 Å². The van der Waals surface area contributed by atoms with E-state index in [9.17, 15) is 22.0 Å². The molecule has 178 valence electrons. The highest BCUT2D eigenvalue weighted by molar-refractivity contribution is 7.89. The Morgan fingerprint density at radius 3 is 2.47 bits per heavy atom. The van der Waals surface area contributed by atoms with Crippen molar-refractivity contribution in [3.8, 4) is 11.5 Å². The lowest BCUT2D eigenvalue weighted by molar-refractivity contribution is -0.286. The lowest BCUT2D eigenvalue weighted by Gasteiger charge is -2.41. The van der Waals surface area contributed by atoms with Gasteiger partial charge < -0.3 is 20.5 Å². The van der Waals surface area contributed by atoms with E-state index in [1.807, 2.05) is 0 Å². The Morgan fingerprint density at radius 1 is 1.16 bits per heavy atom. The first-order valence-electron chi connectivity index (χ1n) is 10.6. The minimum absolute atomic E-state index is 0.0246. The number of piperidine rings is 1. The molecule has 0 unspecified atom stereocenters. The van der Waals surface area contributed by atoms with E-state index in [-0.39, 0.29) is 35.9 Å². The van der Waals surface area contributed by atoms with E-state index >= 15 is 4.39 Å². The third-order valence-corrected chi connectivity index (χ3v) is 8.74. The molecule has 0 spiro atoms. The van der Waals surface area contributed by atoms with E-state index in [2.05, 4.69) is 14.8 Å². The topological polar surface area (TPSA) is 111 Å². The van der Waals surface area contributed by atoms with Crippen molar-refractivity contribution in [3.05, 3.63) is 23.8 Å². The lowest BCUT2D eigenvalue weighted by atomic mass is 9.96. The van der Waals surface area contributed by atoms with Crippen LogP contribution in [0.1, 0.15) is 55.8 Å². The Bertz CT molecular complexity index is 973. The van der Waals surface area contributed by atoms with E-state index in [0.29, 0.717) is 25.7 Å². The van der Waals surface area contributed by atoms with Gasteiger partial charge in [-0.25, -0.2) is 12.8 Å². The molecule has 1 aromatic carbocycles. The van der Waals surface area contributed by atoms with Crippen LogP contribution in [-0.2, 0) is 10.0 Å². The van der Waals surface area contributed by atoms with Crippen LogP contribution in [0.5, 0.6) is 11.5 Å². The molecule has 0 aromatic heterocycles. The van der Waals surface area contributed by atoms with Gasteiger partial charge in [-0.15, -0.1) is 8.78 Å². The number of alkyl halides is 3. The summed E-state index contributed by atoms with van der Waals surface area (Å²) >= 11 is 0. The van der Waals surface area contributed by atoms with Crippen molar-refractivity contribution in [2.45, 2.75) is 81.4 Å². The first kappa shape index (κ1) is 23.1. The number of nitrogens with zero attached hydrogens (tertiary/aromatic N) is 1. The monoisotopic (exact) mass is 477 g/mol. The summed E-state index contributed by atoms with van der Waals surface area (Å²) in [4.78, 5) is 12.6. The number of fused-ring (bicyclic) bond motifs is 1. The average Bonchev–Trinajstić information content (AvgIpc) is 3.00. The Balaban J connectivity index is 1.40. The SMILES string of the molecule is C[C@H]1C[C@@H](NC(=O)c2ccc3c(c2)OC(F)(F)O3)C[C@@H](F)N1S(=O)(=O)C1CCC(N)CC1. The fourth-order valence-electron chi connectivity index (χ4n) is 4.67. The fraction of sp³-hybridized carbons (Fsp3) is 0.650. The molecule has 1 saturated carbocycles. The van der Waals surface area contributed by atoms with Gasteiger partial charge in [0.25, 0.3) is 5.91 Å². The maximum absolute atomic E-state index is 15.0. The van der Waals surface area contributed by atoms with Gasteiger partial charge in [0.15, 0.2) is 17.8 Å². The van der Waals surface area contributed by atoms with E-state index in [4.69, 9.17) is 5.73 Å². The first-order valence-corrected chi connectivity index (χ1v) is 12.1. The summed E-state index contributed by atoms with van der Waals surface area (Å²) in [6, 6.07) is 2.31. The highest BCUT2D eigenvalue weighted by Gasteiger charge is 2.46. The van der Waals surface area contributed by atoms with E-state index in [0.717, 1.165) is 10.4 Å². The molecule has 12 heteroatoms. The number of rotatable bonds is 4. The van der Waals surface area contributed by atoms with Crippen LogP contribution >= 0.6 is 0 Å². The van der Waals surface area contributed by atoms with Crippen LogP contribution < -0.4 is 20.5 Å². The second-order valence-electron chi connectivity index (χ2n) is 8.67. The standard InChI is InChI=1S/C20H26F3N3O5S/c1-11-8-14(10-18(21)26(11)32(28,29)15-5-3-13(24)4-6-15)25-19(27)12-2-7-16-17(9-12)31-20(22,23)30-16/h2,7,9,11,13-15,18H,3-6,8,10,24H2,1H3,(H,25,27)/t11-,13?,14+,15?,18-/m0/s1. The molecular weight excluding hydrogens is 451 g/mol.